The third-order valence-corrected chi connectivity index (χ3v) is 4.96. The van der Waals surface area contributed by atoms with Crippen LogP contribution in [0, 0.1) is 6.92 Å². The highest BCUT2D eigenvalue weighted by molar-refractivity contribution is 8.15. The van der Waals surface area contributed by atoms with Gasteiger partial charge < -0.3 is 10.6 Å². The van der Waals surface area contributed by atoms with Crippen LogP contribution in [0.1, 0.15) is 12.0 Å². The molecule has 0 aromatic heterocycles. The van der Waals surface area contributed by atoms with E-state index in [1.165, 1.54) is 11.8 Å². The molecule has 1 aliphatic heterocycles. The number of hydrogen-bond donors (Lipinski definition) is 2. The van der Waals surface area contributed by atoms with E-state index >= 15 is 0 Å². The Morgan fingerprint density at radius 3 is 2.68 bits per heavy atom. The molecule has 3 rings (SSSR count). The van der Waals surface area contributed by atoms with E-state index in [2.05, 4.69) is 15.6 Å². The summed E-state index contributed by atoms with van der Waals surface area (Å²) in [5.41, 5.74) is 2.42. The minimum atomic E-state index is -0.491. The molecule has 7 heteroatoms. The third kappa shape index (κ3) is 4.61. The minimum absolute atomic E-state index is 0.0878. The molecule has 1 aliphatic rings. The molecule has 25 heavy (non-hydrogen) atoms. The number of anilines is 1. The van der Waals surface area contributed by atoms with Crippen LogP contribution in [0.5, 0.6) is 0 Å². The zero-order chi connectivity index (χ0) is 17.8. The Kier molecular flexibility index (Phi) is 5.40. The van der Waals surface area contributed by atoms with Crippen LogP contribution in [0.4, 0.5) is 11.4 Å². The van der Waals surface area contributed by atoms with Crippen molar-refractivity contribution in [3.05, 3.63) is 59.1 Å². The van der Waals surface area contributed by atoms with E-state index in [9.17, 15) is 9.59 Å². The highest BCUT2D eigenvalue weighted by atomic mass is 35.5. The van der Waals surface area contributed by atoms with Gasteiger partial charge in [0.2, 0.25) is 11.8 Å². The molecule has 2 aromatic carbocycles. The Morgan fingerprint density at radius 2 is 1.96 bits per heavy atom. The number of benzene rings is 2. The number of carbonyl (C=O) groups excluding carboxylic acids is 2. The smallest absolute Gasteiger partial charge is 0.240 e. The first kappa shape index (κ1) is 17.5. The molecule has 0 unspecified atom stereocenters. The fourth-order valence-electron chi connectivity index (χ4n) is 2.31. The Labute approximate surface area is 154 Å². The molecular formula is C18H16ClN3O2S. The number of halogens is 1. The molecule has 1 heterocycles. The second-order valence-electron chi connectivity index (χ2n) is 5.56. The lowest BCUT2D eigenvalue weighted by Gasteiger charge is -2.09. The SMILES string of the molecule is Cc1ccccc1NC(=O)C[C@H]1SC(=Nc2ccc(Cl)cc2)NC1=O. The predicted octanol–water partition coefficient (Wildman–Crippen LogP) is 3.90. The van der Waals surface area contributed by atoms with Crippen molar-refractivity contribution < 1.29 is 9.59 Å². The largest absolute Gasteiger partial charge is 0.326 e. The van der Waals surface area contributed by atoms with Crippen LogP contribution in [0.25, 0.3) is 0 Å². The van der Waals surface area contributed by atoms with Crippen molar-refractivity contribution in [1.29, 1.82) is 0 Å². The molecule has 128 valence electrons. The number of carbonyl (C=O) groups is 2. The Balaban J connectivity index is 1.62. The summed E-state index contributed by atoms with van der Waals surface area (Å²) in [7, 11) is 0. The van der Waals surface area contributed by atoms with Gasteiger partial charge in [-0.3, -0.25) is 9.59 Å². The van der Waals surface area contributed by atoms with Crippen molar-refractivity contribution >= 4 is 51.7 Å². The van der Waals surface area contributed by atoms with E-state index in [-0.39, 0.29) is 18.2 Å². The van der Waals surface area contributed by atoms with Gasteiger partial charge in [0.1, 0.15) is 5.25 Å². The zero-order valence-corrected chi connectivity index (χ0v) is 15.0. The standard InChI is InChI=1S/C18H16ClN3O2S/c1-11-4-2-3-5-14(11)21-16(23)10-15-17(24)22-18(25-15)20-13-8-6-12(19)7-9-13/h2-9,15H,10H2,1H3,(H,21,23)(H,20,22,24)/t15-/m1/s1. The van der Waals surface area contributed by atoms with Crippen molar-refractivity contribution in [3.63, 3.8) is 0 Å². The van der Waals surface area contributed by atoms with E-state index in [4.69, 9.17) is 11.6 Å². The fraction of sp³-hybridized carbons (Fsp3) is 0.167. The molecule has 2 N–H and O–H groups in total. The number of thioether (sulfide) groups is 1. The summed E-state index contributed by atoms with van der Waals surface area (Å²) in [6.45, 7) is 1.92. The van der Waals surface area contributed by atoms with Gasteiger partial charge in [0, 0.05) is 17.1 Å². The summed E-state index contributed by atoms with van der Waals surface area (Å²) in [6.07, 6.45) is 0.0878. The number of amidine groups is 1. The number of rotatable bonds is 4. The van der Waals surface area contributed by atoms with Crippen molar-refractivity contribution in [2.75, 3.05) is 5.32 Å². The van der Waals surface area contributed by atoms with E-state index in [1.807, 2.05) is 31.2 Å². The number of nitrogens with zero attached hydrogens (tertiary/aromatic N) is 1. The van der Waals surface area contributed by atoms with Crippen LogP contribution < -0.4 is 10.6 Å². The summed E-state index contributed by atoms with van der Waals surface area (Å²) < 4.78 is 0. The Morgan fingerprint density at radius 1 is 1.24 bits per heavy atom. The van der Waals surface area contributed by atoms with E-state index < -0.39 is 5.25 Å². The summed E-state index contributed by atoms with van der Waals surface area (Å²) in [5.74, 6) is -0.410. The summed E-state index contributed by atoms with van der Waals surface area (Å²) in [5, 5.41) is 6.17. The average molecular weight is 374 g/mol. The van der Waals surface area contributed by atoms with Crippen LogP contribution in [0.15, 0.2) is 53.5 Å². The summed E-state index contributed by atoms with van der Waals surface area (Å²) >= 11 is 7.10. The predicted molar refractivity (Wildman–Crippen MR) is 102 cm³/mol. The maximum Gasteiger partial charge on any atom is 0.240 e. The molecule has 2 aromatic rings. The van der Waals surface area contributed by atoms with Gasteiger partial charge >= 0.3 is 0 Å². The minimum Gasteiger partial charge on any atom is -0.326 e. The normalized spacial score (nSPS) is 18.2. The van der Waals surface area contributed by atoms with Gasteiger partial charge in [0.15, 0.2) is 5.17 Å². The molecule has 0 bridgehead atoms. The highest BCUT2D eigenvalue weighted by Gasteiger charge is 2.32. The van der Waals surface area contributed by atoms with Gasteiger partial charge in [0.05, 0.1) is 5.69 Å². The van der Waals surface area contributed by atoms with Crippen LogP contribution in [-0.2, 0) is 9.59 Å². The second-order valence-corrected chi connectivity index (χ2v) is 7.18. The highest BCUT2D eigenvalue weighted by Crippen LogP contribution is 2.26. The number of aliphatic imine (C=N–C) groups is 1. The molecule has 0 radical (unpaired) electrons. The van der Waals surface area contributed by atoms with E-state index in [0.29, 0.717) is 15.9 Å². The lowest BCUT2D eigenvalue weighted by atomic mass is 10.2. The average Bonchev–Trinajstić information content (AvgIpc) is 2.91. The van der Waals surface area contributed by atoms with E-state index in [0.717, 1.165) is 11.3 Å². The molecule has 1 saturated heterocycles. The van der Waals surface area contributed by atoms with E-state index in [1.54, 1.807) is 24.3 Å². The number of nitrogens with one attached hydrogen (secondary N) is 2. The molecule has 0 spiro atoms. The molecule has 1 fully saturated rings. The number of hydrogen-bond acceptors (Lipinski definition) is 4. The lowest BCUT2D eigenvalue weighted by Crippen LogP contribution is -2.28. The topological polar surface area (TPSA) is 70.6 Å². The number of amides is 2. The Bertz CT molecular complexity index is 836. The third-order valence-electron chi connectivity index (χ3n) is 3.62. The monoisotopic (exact) mass is 373 g/mol. The lowest BCUT2D eigenvalue weighted by molar-refractivity contribution is -0.122. The van der Waals surface area contributed by atoms with Crippen LogP contribution in [0.2, 0.25) is 5.02 Å². The molecular weight excluding hydrogens is 358 g/mol. The molecule has 1 atom stereocenters. The molecule has 0 saturated carbocycles. The van der Waals surface area contributed by atoms with Gasteiger partial charge in [-0.15, -0.1) is 0 Å². The van der Waals surface area contributed by atoms with Gasteiger partial charge in [0.25, 0.3) is 0 Å². The quantitative estimate of drug-likeness (QED) is 0.853. The van der Waals surface area contributed by atoms with Crippen LogP contribution >= 0.6 is 23.4 Å². The summed E-state index contributed by atoms with van der Waals surface area (Å²) in [6, 6.07) is 14.5. The van der Waals surface area contributed by atoms with Crippen molar-refractivity contribution in [3.8, 4) is 0 Å². The van der Waals surface area contributed by atoms with Crippen LogP contribution in [0.3, 0.4) is 0 Å². The maximum atomic E-state index is 12.2. The number of para-hydroxylation sites is 1. The van der Waals surface area contributed by atoms with Crippen molar-refractivity contribution in [2.45, 2.75) is 18.6 Å². The van der Waals surface area contributed by atoms with Gasteiger partial charge in [-0.25, -0.2) is 4.99 Å². The van der Waals surface area contributed by atoms with Gasteiger partial charge in [-0.2, -0.15) is 0 Å². The molecule has 2 amide bonds. The van der Waals surface area contributed by atoms with Crippen molar-refractivity contribution in [2.24, 2.45) is 4.99 Å². The van der Waals surface area contributed by atoms with Gasteiger partial charge in [-0.05, 0) is 42.8 Å². The first-order valence-corrected chi connectivity index (χ1v) is 8.94. The fourth-order valence-corrected chi connectivity index (χ4v) is 3.42. The number of aryl methyl sites for hydroxylation is 1. The first-order valence-electron chi connectivity index (χ1n) is 7.68. The maximum absolute atomic E-state index is 12.2. The zero-order valence-electron chi connectivity index (χ0n) is 13.5. The van der Waals surface area contributed by atoms with Gasteiger partial charge in [-0.1, -0.05) is 41.6 Å². The first-order chi connectivity index (χ1) is 12.0. The van der Waals surface area contributed by atoms with Crippen molar-refractivity contribution in [1.82, 2.24) is 5.32 Å². The summed E-state index contributed by atoms with van der Waals surface area (Å²) in [4.78, 5) is 28.6. The molecule has 0 aliphatic carbocycles. The molecule has 5 nitrogen and oxygen atoms in total. The second kappa shape index (κ2) is 7.72. The van der Waals surface area contributed by atoms with Crippen LogP contribution in [-0.4, -0.2) is 22.2 Å². The Hall–Kier alpha value is -2.31.